The molecule has 0 amide bonds. The Hall–Kier alpha value is -0.220. The molecule has 0 bridgehead atoms. The molecular formula is C11H16ClNOS. The lowest BCUT2D eigenvalue weighted by atomic mass is 10.2. The van der Waals surface area contributed by atoms with E-state index in [0.29, 0.717) is 0 Å². The largest absolute Gasteiger partial charge is 0.395 e. The van der Waals surface area contributed by atoms with Crippen LogP contribution in [0.3, 0.4) is 0 Å². The molecular weight excluding hydrogens is 230 g/mol. The Bertz CT molecular complexity index is 278. The predicted molar refractivity (Wildman–Crippen MR) is 66.5 cm³/mol. The maximum atomic E-state index is 8.74. The van der Waals surface area contributed by atoms with Crippen LogP contribution >= 0.6 is 23.4 Å². The minimum absolute atomic E-state index is 0.0733. The first-order valence-electron chi connectivity index (χ1n) is 4.97. The molecule has 1 atom stereocenters. The van der Waals surface area contributed by atoms with Crippen LogP contribution in [-0.4, -0.2) is 23.5 Å². The second-order valence-corrected chi connectivity index (χ2v) is 4.99. The van der Waals surface area contributed by atoms with Crippen LogP contribution in [-0.2, 0) is 0 Å². The lowest BCUT2D eigenvalue weighted by molar-refractivity contribution is 0.259. The molecule has 0 aliphatic rings. The van der Waals surface area contributed by atoms with Crippen molar-refractivity contribution in [1.29, 1.82) is 0 Å². The van der Waals surface area contributed by atoms with Gasteiger partial charge in [-0.3, -0.25) is 0 Å². The van der Waals surface area contributed by atoms with Gasteiger partial charge >= 0.3 is 0 Å². The quantitative estimate of drug-likeness (QED) is 0.598. The van der Waals surface area contributed by atoms with E-state index < -0.39 is 0 Å². The van der Waals surface area contributed by atoms with Gasteiger partial charge in [0.05, 0.1) is 6.61 Å². The van der Waals surface area contributed by atoms with E-state index in [2.05, 4.69) is 0 Å². The monoisotopic (exact) mass is 245 g/mol. The predicted octanol–water partition coefficient (Wildman–Crippen LogP) is 2.53. The van der Waals surface area contributed by atoms with Crippen LogP contribution in [0.2, 0.25) is 5.02 Å². The molecule has 4 heteroatoms. The number of hydrogen-bond acceptors (Lipinski definition) is 3. The highest BCUT2D eigenvalue weighted by Gasteiger charge is 2.00. The van der Waals surface area contributed by atoms with Crippen molar-refractivity contribution >= 4 is 23.4 Å². The Balaban J connectivity index is 2.17. The van der Waals surface area contributed by atoms with Crippen molar-refractivity contribution in [2.75, 3.05) is 12.4 Å². The summed E-state index contributed by atoms with van der Waals surface area (Å²) >= 11 is 7.57. The van der Waals surface area contributed by atoms with E-state index in [0.717, 1.165) is 23.6 Å². The van der Waals surface area contributed by atoms with Crippen molar-refractivity contribution in [2.45, 2.75) is 23.8 Å². The van der Waals surface area contributed by atoms with Crippen LogP contribution in [0.25, 0.3) is 0 Å². The highest BCUT2D eigenvalue weighted by atomic mass is 35.5. The van der Waals surface area contributed by atoms with Gasteiger partial charge in [0.2, 0.25) is 0 Å². The number of nitrogens with two attached hydrogens (primary N) is 1. The van der Waals surface area contributed by atoms with Crippen LogP contribution in [0, 0.1) is 0 Å². The molecule has 1 rings (SSSR count). The summed E-state index contributed by atoms with van der Waals surface area (Å²) in [5, 5.41) is 9.50. The minimum atomic E-state index is -0.0733. The summed E-state index contributed by atoms with van der Waals surface area (Å²) in [5.41, 5.74) is 5.60. The van der Waals surface area contributed by atoms with Gasteiger partial charge in [0, 0.05) is 16.0 Å². The van der Waals surface area contributed by atoms with Gasteiger partial charge in [0.15, 0.2) is 0 Å². The Labute approximate surface area is 99.8 Å². The van der Waals surface area contributed by atoms with Gasteiger partial charge in [0.25, 0.3) is 0 Å². The number of aliphatic hydroxyl groups excluding tert-OH is 1. The number of aliphatic hydroxyl groups is 1. The Kier molecular flexibility index (Phi) is 6.10. The molecule has 1 aromatic rings. The zero-order chi connectivity index (χ0) is 11.1. The van der Waals surface area contributed by atoms with E-state index in [9.17, 15) is 0 Å². The molecule has 0 heterocycles. The van der Waals surface area contributed by atoms with Crippen LogP contribution in [0.5, 0.6) is 0 Å². The molecule has 0 unspecified atom stereocenters. The molecule has 2 nitrogen and oxygen atoms in total. The number of rotatable bonds is 6. The summed E-state index contributed by atoms with van der Waals surface area (Å²) in [7, 11) is 0. The first-order valence-corrected chi connectivity index (χ1v) is 6.33. The standard InChI is InChI=1S/C11H16ClNOS/c12-9-3-5-11(6-4-9)15-7-1-2-10(13)8-14/h3-6,10,14H,1-2,7-8,13H2/t10-/m0/s1. The van der Waals surface area contributed by atoms with Gasteiger partial charge in [-0.2, -0.15) is 0 Å². The second-order valence-electron chi connectivity index (χ2n) is 3.39. The average molecular weight is 246 g/mol. The molecule has 0 saturated heterocycles. The molecule has 0 aliphatic heterocycles. The number of benzene rings is 1. The average Bonchev–Trinajstić information content (AvgIpc) is 2.26. The molecule has 15 heavy (non-hydrogen) atoms. The number of hydrogen-bond donors (Lipinski definition) is 2. The second kappa shape index (κ2) is 7.12. The number of halogens is 1. The van der Waals surface area contributed by atoms with Gasteiger partial charge < -0.3 is 10.8 Å². The summed E-state index contributed by atoms with van der Waals surface area (Å²) in [6.07, 6.45) is 1.89. The van der Waals surface area contributed by atoms with Gasteiger partial charge in [-0.25, -0.2) is 0 Å². The van der Waals surface area contributed by atoms with Crippen molar-refractivity contribution in [3.05, 3.63) is 29.3 Å². The summed E-state index contributed by atoms with van der Waals surface area (Å²) in [5.74, 6) is 1.02. The van der Waals surface area contributed by atoms with E-state index in [4.69, 9.17) is 22.4 Å². The fourth-order valence-electron chi connectivity index (χ4n) is 1.16. The third-order valence-corrected chi connectivity index (χ3v) is 3.39. The summed E-state index contributed by atoms with van der Waals surface area (Å²) in [6.45, 7) is 0.0750. The summed E-state index contributed by atoms with van der Waals surface area (Å²) in [6, 6.07) is 7.74. The fourth-order valence-corrected chi connectivity index (χ4v) is 2.16. The first kappa shape index (κ1) is 12.8. The molecule has 0 radical (unpaired) electrons. The lowest BCUT2D eigenvalue weighted by Crippen LogP contribution is -2.24. The van der Waals surface area contributed by atoms with Crippen LogP contribution < -0.4 is 5.73 Å². The van der Waals surface area contributed by atoms with Crippen molar-refractivity contribution in [2.24, 2.45) is 5.73 Å². The molecule has 0 aliphatic carbocycles. The molecule has 0 aromatic heterocycles. The first-order chi connectivity index (χ1) is 7.22. The minimum Gasteiger partial charge on any atom is -0.395 e. The highest BCUT2D eigenvalue weighted by Crippen LogP contribution is 2.21. The summed E-state index contributed by atoms with van der Waals surface area (Å²) in [4.78, 5) is 1.22. The number of thioether (sulfide) groups is 1. The zero-order valence-electron chi connectivity index (χ0n) is 8.53. The maximum absolute atomic E-state index is 8.74. The fraction of sp³-hybridized carbons (Fsp3) is 0.455. The Morgan fingerprint density at radius 2 is 2.00 bits per heavy atom. The van der Waals surface area contributed by atoms with E-state index in [1.54, 1.807) is 11.8 Å². The van der Waals surface area contributed by atoms with E-state index in [1.165, 1.54) is 4.90 Å². The van der Waals surface area contributed by atoms with Crippen molar-refractivity contribution in [3.63, 3.8) is 0 Å². The van der Waals surface area contributed by atoms with Crippen molar-refractivity contribution in [3.8, 4) is 0 Å². The molecule has 1 aromatic carbocycles. The van der Waals surface area contributed by atoms with E-state index in [-0.39, 0.29) is 12.6 Å². The van der Waals surface area contributed by atoms with Gasteiger partial charge in [-0.1, -0.05) is 11.6 Å². The van der Waals surface area contributed by atoms with Gasteiger partial charge in [-0.05, 0) is 42.9 Å². The molecule has 84 valence electrons. The van der Waals surface area contributed by atoms with Crippen molar-refractivity contribution < 1.29 is 5.11 Å². The lowest BCUT2D eigenvalue weighted by Gasteiger charge is -2.07. The smallest absolute Gasteiger partial charge is 0.0582 e. The molecule has 0 saturated carbocycles. The summed E-state index contributed by atoms with van der Waals surface area (Å²) < 4.78 is 0. The Morgan fingerprint density at radius 3 is 2.60 bits per heavy atom. The SMILES string of the molecule is N[C@H](CO)CCCSc1ccc(Cl)cc1. The molecule has 0 fully saturated rings. The topological polar surface area (TPSA) is 46.2 Å². The maximum Gasteiger partial charge on any atom is 0.0582 e. The highest BCUT2D eigenvalue weighted by molar-refractivity contribution is 7.99. The third-order valence-electron chi connectivity index (χ3n) is 2.04. The van der Waals surface area contributed by atoms with Crippen LogP contribution in [0.15, 0.2) is 29.2 Å². The zero-order valence-corrected chi connectivity index (χ0v) is 10.1. The molecule has 0 spiro atoms. The normalized spacial score (nSPS) is 12.7. The van der Waals surface area contributed by atoms with Gasteiger partial charge in [-0.15, -0.1) is 11.8 Å². The molecule has 3 N–H and O–H groups in total. The Morgan fingerprint density at radius 1 is 1.33 bits per heavy atom. The van der Waals surface area contributed by atoms with Crippen LogP contribution in [0.1, 0.15) is 12.8 Å². The van der Waals surface area contributed by atoms with E-state index in [1.807, 2.05) is 24.3 Å². The van der Waals surface area contributed by atoms with Crippen LogP contribution in [0.4, 0.5) is 0 Å². The van der Waals surface area contributed by atoms with Crippen molar-refractivity contribution in [1.82, 2.24) is 0 Å². The van der Waals surface area contributed by atoms with Gasteiger partial charge in [0.1, 0.15) is 0 Å². The third kappa shape index (κ3) is 5.42. The van der Waals surface area contributed by atoms with E-state index >= 15 is 0 Å².